The Kier molecular flexibility index (Phi) is 6.26. The molecule has 2 aromatic rings. The molecule has 1 aliphatic heterocycles. The molecular weight excluding hydrogens is 413 g/mol. The number of para-hydroxylation sites is 1. The number of rotatable bonds is 3. The molecule has 0 saturated heterocycles. The monoisotopic (exact) mass is 439 g/mol. The minimum absolute atomic E-state index is 0. The molecule has 0 aliphatic carbocycles. The van der Waals surface area contributed by atoms with Crippen molar-refractivity contribution in [3.63, 3.8) is 0 Å². The van der Waals surface area contributed by atoms with Crippen molar-refractivity contribution in [2.75, 3.05) is 18.0 Å². The van der Waals surface area contributed by atoms with E-state index in [1.807, 2.05) is 11.7 Å². The van der Waals surface area contributed by atoms with Gasteiger partial charge in [0.2, 0.25) is 0 Å². The van der Waals surface area contributed by atoms with Gasteiger partial charge in [-0.2, -0.15) is 5.10 Å². The number of aromatic nitrogens is 2. The van der Waals surface area contributed by atoms with Gasteiger partial charge in [-0.1, -0.05) is 18.2 Å². The number of guanidine groups is 1. The number of hydrogen-bond acceptors (Lipinski definition) is 2. The van der Waals surface area contributed by atoms with Crippen LogP contribution < -0.4 is 10.2 Å². The third kappa shape index (κ3) is 3.58. The Morgan fingerprint density at radius 1 is 1.29 bits per heavy atom. The number of halogens is 1. The number of anilines is 1. The predicted octanol–water partition coefficient (Wildman–Crippen LogP) is 3.18. The van der Waals surface area contributed by atoms with E-state index in [4.69, 9.17) is 4.99 Å². The van der Waals surface area contributed by atoms with Crippen LogP contribution in [0.3, 0.4) is 0 Å². The molecule has 0 spiro atoms. The third-order valence-corrected chi connectivity index (χ3v) is 4.52. The Morgan fingerprint density at radius 3 is 2.71 bits per heavy atom. The van der Waals surface area contributed by atoms with E-state index in [9.17, 15) is 0 Å². The standard InChI is InChI=1S/C18H25N5.HI/c1-5-19-18(20-12-16-13(2)21-22(4)14(16)3)23-11-10-15-8-6-7-9-17(15)23;/h6-9H,5,10-12H2,1-4H3,(H,19,20);1H. The van der Waals surface area contributed by atoms with E-state index in [1.165, 1.54) is 22.5 Å². The SMILES string of the molecule is CCNC(=NCc1c(C)nn(C)c1C)N1CCc2ccccc21.I. The van der Waals surface area contributed by atoms with E-state index < -0.39 is 0 Å². The summed E-state index contributed by atoms with van der Waals surface area (Å²) in [4.78, 5) is 7.17. The fraction of sp³-hybridized carbons (Fsp3) is 0.444. The van der Waals surface area contributed by atoms with E-state index >= 15 is 0 Å². The smallest absolute Gasteiger partial charge is 0.198 e. The van der Waals surface area contributed by atoms with Gasteiger partial charge in [0.25, 0.3) is 0 Å². The van der Waals surface area contributed by atoms with Gasteiger partial charge in [0.15, 0.2) is 5.96 Å². The highest BCUT2D eigenvalue weighted by molar-refractivity contribution is 14.0. The normalized spacial score (nSPS) is 13.7. The summed E-state index contributed by atoms with van der Waals surface area (Å²) in [6, 6.07) is 8.58. The van der Waals surface area contributed by atoms with E-state index in [0.717, 1.165) is 31.2 Å². The second kappa shape index (κ2) is 8.00. The van der Waals surface area contributed by atoms with Gasteiger partial charge in [-0.25, -0.2) is 4.99 Å². The molecule has 0 radical (unpaired) electrons. The number of hydrogen-bond donors (Lipinski definition) is 1. The highest BCUT2D eigenvalue weighted by Crippen LogP contribution is 2.27. The van der Waals surface area contributed by atoms with Gasteiger partial charge in [0, 0.05) is 37.1 Å². The third-order valence-electron chi connectivity index (χ3n) is 4.52. The van der Waals surface area contributed by atoms with Crippen molar-refractivity contribution < 1.29 is 0 Å². The summed E-state index contributed by atoms with van der Waals surface area (Å²) in [6.45, 7) is 8.77. The first-order chi connectivity index (χ1) is 11.1. The fourth-order valence-corrected chi connectivity index (χ4v) is 3.15. The summed E-state index contributed by atoms with van der Waals surface area (Å²) >= 11 is 0. The van der Waals surface area contributed by atoms with Crippen molar-refractivity contribution in [2.24, 2.45) is 12.0 Å². The predicted molar refractivity (Wildman–Crippen MR) is 110 cm³/mol. The zero-order valence-electron chi connectivity index (χ0n) is 14.8. The Hall–Kier alpha value is -1.57. The Bertz CT molecular complexity index is 735. The van der Waals surface area contributed by atoms with Gasteiger partial charge < -0.3 is 10.2 Å². The number of fused-ring (bicyclic) bond motifs is 1. The summed E-state index contributed by atoms with van der Waals surface area (Å²) in [5.41, 5.74) is 6.13. The number of benzene rings is 1. The van der Waals surface area contributed by atoms with E-state index in [-0.39, 0.29) is 24.0 Å². The molecule has 0 fully saturated rings. The average molecular weight is 439 g/mol. The summed E-state index contributed by atoms with van der Waals surface area (Å²) in [5, 5.41) is 7.91. The molecule has 0 unspecified atom stereocenters. The van der Waals surface area contributed by atoms with Gasteiger partial charge in [-0.05, 0) is 38.8 Å². The molecule has 1 aliphatic rings. The molecule has 1 N–H and O–H groups in total. The lowest BCUT2D eigenvalue weighted by Gasteiger charge is -2.22. The molecule has 1 aromatic carbocycles. The number of nitrogens with zero attached hydrogens (tertiary/aromatic N) is 4. The molecule has 130 valence electrons. The quantitative estimate of drug-likeness (QED) is 0.454. The van der Waals surface area contributed by atoms with Crippen LogP contribution in [0.5, 0.6) is 0 Å². The van der Waals surface area contributed by atoms with Gasteiger partial charge in [-0.15, -0.1) is 24.0 Å². The van der Waals surface area contributed by atoms with Gasteiger partial charge in [-0.3, -0.25) is 4.68 Å². The molecular formula is C18H26IN5. The first kappa shape index (κ1) is 18.8. The van der Waals surface area contributed by atoms with Crippen molar-refractivity contribution >= 4 is 35.6 Å². The molecule has 0 bridgehead atoms. The highest BCUT2D eigenvalue weighted by atomic mass is 127. The average Bonchev–Trinajstić information content (AvgIpc) is 3.07. The number of aryl methyl sites for hydroxylation is 2. The summed E-state index contributed by atoms with van der Waals surface area (Å²) < 4.78 is 1.93. The van der Waals surface area contributed by atoms with Gasteiger partial charge in [0.1, 0.15) is 0 Å². The first-order valence-corrected chi connectivity index (χ1v) is 8.24. The van der Waals surface area contributed by atoms with E-state index in [2.05, 4.69) is 60.4 Å². The van der Waals surface area contributed by atoms with Crippen molar-refractivity contribution in [3.05, 3.63) is 46.8 Å². The van der Waals surface area contributed by atoms with E-state index in [1.54, 1.807) is 0 Å². The van der Waals surface area contributed by atoms with Crippen LogP contribution in [0.4, 0.5) is 5.69 Å². The van der Waals surface area contributed by atoms with E-state index in [0.29, 0.717) is 6.54 Å². The van der Waals surface area contributed by atoms with Crippen LogP contribution in [0, 0.1) is 13.8 Å². The topological polar surface area (TPSA) is 45.5 Å². The van der Waals surface area contributed by atoms with Gasteiger partial charge in [0.05, 0.1) is 12.2 Å². The molecule has 5 nitrogen and oxygen atoms in total. The summed E-state index contributed by atoms with van der Waals surface area (Å²) in [6.07, 6.45) is 1.07. The minimum Gasteiger partial charge on any atom is -0.356 e. The maximum atomic E-state index is 4.88. The first-order valence-electron chi connectivity index (χ1n) is 8.24. The van der Waals surface area contributed by atoms with Crippen LogP contribution in [0.25, 0.3) is 0 Å². The Labute approximate surface area is 161 Å². The second-order valence-electron chi connectivity index (χ2n) is 5.97. The van der Waals surface area contributed by atoms with Crippen molar-refractivity contribution in [3.8, 4) is 0 Å². The summed E-state index contributed by atoms with van der Waals surface area (Å²) in [5.74, 6) is 0.958. The molecule has 1 aromatic heterocycles. The molecule has 2 heterocycles. The zero-order valence-corrected chi connectivity index (χ0v) is 17.2. The zero-order chi connectivity index (χ0) is 16.4. The summed E-state index contributed by atoms with van der Waals surface area (Å²) in [7, 11) is 1.98. The fourth-order valence-electron chi connectivity index (χ4n) is 3.15. The molecule has 0 saturated carbocycles. The molecule has 24 heavy (non-hydrogen) atoms. The lowest BCUT2D eigenvalue weighted by atomic mass is 10.2. The second-order valence-corrected chi connectivity index (χ2v) is 5.97. The van der Waals surface area contributed by atoms with Crippen LogP contribution in [-0.4, -0.2) is 28.8 Å². The van der Waals surface area contributed by atoms with Gasteiger partial charge >= 0.3 is 0 Å². The molecule has 0 amide bonds. The van der Waals surface area contributed by atoms with Crippen molar-refractivity contribution in [2.45, 2.75) is 33.7 Å². The van der Waals surface area contributed by atoms with Crippen molar-refractivity contribution in [1.29, 1.82) is 0 Å². The van der Waals surface area contributed by atoms with Crippen LogP contribution in [0.2, 0.25) is 0 Å². The Morgan fingerprint density at radius 2 is 2.04 bits per heavy atom. The maximum absolute atomic E-state index is 4.88. The number of nitrogens with one attached hydrogen (secondary N) is 1. The molecule has 0 atom stereocenters. The molecule has 6 heteroatoms. The maximum Gasteiger partial charge on any atom is 0.198 e. The number of aliphatic imine (C=N–C) groups is 1. The lowest BCUT2D eigenvalue weighted by molar-refractivity contribution is 0.730. The Balaban J connectivity index is 0.00000208. The van der Waals surface area contributed by atoms with Crippen LogP contribution >= 0.6 is 24.0 Å². The largest absolute Gasteiger partial charge is 0.356 e. The van der Waals surface area contributed by atoms with Crippen LogP contribution in [-0.2, 0) is 20.0 Å². The van der Waals surface area contributed by atoms with Crippen molar-refractivity contribution in [1.82, 2.24) is 15.1 Å². The highest BCUT2D eigenvalue weighted by Gasteiger charge is 2.22. The van der Waals surface area contributed by atoms with Crippen LogP contribution in [0.1, 0.15) is 29.4 Å². The lowest BCUT2D eigenvalue weighted by Crippen LogP contribution is -2.40. The van der Waals surface area contributed by atoms with Crippen LogP contribution in [0.15, 0.2) is 29.3 Å². The minimum atomic E-state index is 0. The molecule has 3 rings (SSSR count).